The number of thioether (sulfide) groups is 1. The molecule has 0 bridgehead atoms. The summed E-state index contributed by atoms with van der Waals surface area (Å²) in [4.78, 5) is 12.9. The number of carbonyl (C=O) groups is 1. The lowest BCUT2D eigenvalue weighted by molar-refractivity contribution is -0.115. The van der Waals surface area contributed by atoms with Crippen molar-refractivity contribution in [3.05, 3.63) is 54.1 Å². The number of hydrogen-bond donors (Lipinski definition) is 1. The molecule has 1 saturated heterocycles. The van der Waals surface area contributed by atoms with Crippen molar-refractivity contribution in [2.75, 3.05) is 31.6 Å². The lowest BCUT2D eigenvalue weighted by atomic mass is 10.1. The minimum absolute atomic E-state index is 0.192. The van der Waals surface area contributed by atoms with Gasteiger partial charge in [-0.15, -0.1) is 10.2 Å². The molecule has 0 spiro atoms. The van der Waals surface area contributed by atoms with Crippen LogP contribution in [0.5, 0.6) is 0 Å². The van der Waals surface area contributed by atoms with E-state index in [1.807, 2.05) is 42.8 Å². The molecule has 0 aliphatic carbocycles. The van der Waals surface area contributed by atoms with Crippen molar-refractivity contribution in [3.63, 3.8) is 0 Å². The highest BCUT2D eigenvalue weighted by atomic mass is 32.2. The smallest absolute Gasteiger partial charge is 0.243 e. The van der Waals surface area contributed by atoms with E-state index in [-0.39, 0.29) is 10.8 Å². The van der Waals surface area contributed by atoms with Crippen molar-refractivity contribution in [2.24, 2.45) is 7.05 Å². The number of hydrogen-bond acceptors (Lipinski definition) is 7. The van der Waals surface area contributed by atoms with Crippen LogP contribution in [0.25, 0.3) is 11.4 Å². The van der Waals surface area contributed by atoms with Gasteiger partial charge in [0, 0.05) is 31.4 Å². The summed E-state index contributed by atoms with van der Waals surface area (Å²) in [5, 5.41) is 11.6. The summed E-state index contributed by atoms with van der Waals surface area (Å²) in [6.07, 6.45) is 0. The third-order valence-corrected chi connectivity index (χ3v) is 8.54. The molecule has 2 heterocycles. The Bertz CT molecular complexity index is 1270. The number of nitrogens with zero attached hydrogens (tertiary/aromatic N) is 4. The first-order valence-electron chi connectivity index (χ1n) is 10.9. The van der Waals surface area contributed by atoms with Crippen LogP contribution in [0, 0.1) is 6.92 Å². The topological polar surface area (TPSA) is 106 Å². The Kier molecular flexibility index (Phi) is 7.36. The third kappa shape index (κ3) is 5.33. The maximum absolute atomic E-state index is 12.8. The van der Waals surface area contributed by atoms with E-state index in [1.54, 1.807) is 19.1 Å². The second-order valence-electron chi connectivity index (χ2n) is 8.02. The Morgan fingerprint density at radius 1 is 1.12 bits per heavy atom. The Morgan fingerprint density at radius 2 is 1.82 bits per heavy atom. The number of aromatic nitrogens is 3. The number of rotatable bonds is 7. The second kappa shape index (κ2) is 10.3. The zero-order chi connectivity index (χ0) is 24.3. The average molecular weight is 502 g/mol. The molecule has 0 saturated carbocycles. The Morgan fingerprint density at radius 3 is 2.50 bits per heavy atom. The number of amides is 1. The van der Waals surface area contributed by atoms with Gasteiger partial charge in [0.15, 0.2) is 11.0 Å². The van der Waals surface area contributed by atoms with Crippen LogP contribution in [0.3, 0.4) is 0 Å². The van der Waals surface area contributed by atoms with Gasteiger partial charge in [0.25, 0.3) is 0 Å². The highest BCUT2D eigenvalue weighted by Gasteiger charge is 2.26. The van der Waals surface area contributed by atoms with E-state index in [4.69, 9.17) is 4.74 Å². The molecule has 1 amide bonds. The number of sulfonamides is 1. The predicted molar refractivity (Wildman–Crippen MR) is 131 cm³/mol. The zero-order valence-electron chi connectivity index (χ0n) is 19.3. The number of carbonyl (C=O) groups excluding carboxylic acids is 1. The van der Waals surface area contributed by atoms with Gasteiger partial charge >= 0.3 is 0 Å². The molecule has 34 heavy (non-hydrogen) atoms. The van der Waals surface area contributed by atoms with Gasteiger partial charge in [-0.2, -0.15) is 4.31 Å². The van der Waals surface area contributed by atoms with E-state index >= 15 is 0 Å². The van der Waals surface area contributed by atoms with Gasteiger partial charge in [-0.25, -0.2) is 8.42 Å². The summed E-state index contributed by atoms with van der Waals surface area (Å²) in [6.45, 7) is 5.26. The molecule has 1 aromatic heterocycles. The van der Waals surface area contributed by atoms with E-state index < -0.39 is 15.3 Å². The molecule has 1 aliphatic rings. The van der Waals surface area contributed by atoms with Crippen LogP contribution >= 0.6 is 11.8 Å². The molecule has 180 valence electrons. The summed E-state index contributed by atoms with van der Waals surface area (Å²) < 4.78 is 34.0. The number of aryl methyl sites for hydroxylation is 1. The molecule has 3 aromatic rings. The second-order valence-corrected chi connectivity index (χ2v) is 11.3. The largest absolute Gasteiger partial charge is 0.379 e. The molecule has 1 atom stereocenters. The lowest BCUT2D eigenvalue weighted by Gasteiger charge is -2.26. The maximum atomic E-state index is 12.8. The normalized spacial score (nSPS) is 15.7. The fourth-order valence-corrected chi connectivity index (χ4v) is 5.78. The van der Waals surface area contributed by atoms with E-state index in [9.17, 15) is 13.2 Å². The number of ether oxygens (including phenoxy) is 1. The Labute approximate surface area is 203 Å². The van der Waals surface area contributed by atoms with E-state index in [0.717, 1.165) is 17.0 Å². The van der Waals surface area contributed by atoms with E-state index in [2.05, 4.69) is 15.5 Å². The van der Waals surface area contributed by atoms with Crippen LogP contribution in [0.2, 0.25) is 0 Å². The Balaban J connectivity index is 1.39. The van der Waals surface area contributed by atoms with Gasteiger partial charge < -0.3 is 14.6 Å². The van der Waals surface area contributed by atoms with Crippen molar-refractivity contribution < 1.29 is 17.9 Å². The van der Waals surface area contributed by atoms with E-state index in [0.29, 0.717) is 37.1 Å². The summed E-state index contributed by atoms with van der Waals surface area (Å²) in [5.41, 5.74) is 2.62. The first-order chi connectivity index (χ1) is 16.3. The molecule has 2 aromatic carbocycles. The van der Waals surface area contributed by atoms with Gasteiger partial charge in [-0.3, -0.25) is 4.79 Å². The van der Waals surface area contributed by atoms with Crippen LogP contribution in [-0.2, 0) is 26.6 Å². The average Bonchev–Trinajstić information content (AvgIpc) is 3.20. The van der Waals surface area contributed by atoms with Crippen molar-refractivity contribution >= 4 is 33.4 Å². The molecule has 9 nitrogen and oxygen atoms in total. The molecular formula is C23H27N5O4S2. The molecular weight excluding hydrogens is 474 g/mol. The molecule has 11 heteroatoms. The van der Waals surface area contributed by atoms with Crippen molar-refractivity contribution in [1.82, 2.24) is 19.1 Å². The maximum Gasteiger partial charge on any atom is 0.243 e. The van der Waals surface area contributed by atoms with Crippen molar-refractivity contribution in [1.29, 1.82) is 0 Å². The van der Waals surface area contributed by atoms with Gasteiger partial charge in [0.1, 0.15) is 0 Å². The summed E-state index contributed by atoms with van der Waals surface area (Å²) in [7, 11) is -1.70. The van der Waals surface area contributed by atoms with Crippen molar-refractivity contribution in [2.45, 2.75) is 29.1 Å². The predicted octanol–water partition coefficient (Wildman–Crippen LogP) is 2.93. The highest BCUT2D eigenvalue weighted by Crippen LogP contribution is 2.27. The van der Waals surface area contributed by atoms with Crippen LogP contribution in [-0.4, -0.2) is 64.9 Å². The van der Waals surface area contributed by atoms with Crippen LogP contribution in [0.4, 0.5) is 5.69 Å². The van der Waals surface area contributed by atoms with Gasteiger partial charge in [-0.05, 0) is 44.2 Å². The van der Waals surface area contributed by atoms with Crippen LogP contribution < -0.4 is 5.32 Å². The minimum atomic E-state index is -3.57. The molecule has 1 unspecified atom stereocenters. The molecule has 1 N–H and O–H groups in total. The Hall–Kier alpha value is -2.73. The molecule has 0 radical (unpaired) electrons. The fourth-order valence-electron chi connectivity index (χ4n) is 3.55. The fraction of sp³-hybridized carbons (Fsp3) is 0.348. The molecule has 1 aliphatic heterocycles. The van der Waals surface area contributed by atoms with Gasteiger partial charge in [0.05, 0.1) is 23.4 Å². The number of benzene rings is 2. The summed E-state index contributed by atoms with van der Waals surface area (Å²) in [5.74, 6) is 0.518. The van der Waals surface area contributed by atoms with E-state index in [1.165, 1.54) is 28.2 Å². The highest BCUT2D eigenvalue weighted by molar-refractivity contribution is 8.00. The molecule has 4 rings (SSSR count). The quantitative estimate of drug-likeness (QED) is 0.496. The molecule has 1 fully saturated rings. The number of morpholine rings is 1. The number of nitrogens with one attached hydrogen (secondary N) is 1. The third-order valence-electron chi connectivity index (χ3n) is 5.49. The SMILES string of the molecule is Cc1cccc(-c2nnc(SC(C)C(=O)Nc3ccc(S(=O)(=O)N4CCOCC4)cc3)n2C)c1. The monoisotopic (exact) mass is 501 g/mol. The lowest BCUT2D eigenvalue weighted by Crippen LogP contribution is -2.40. The summed E-state index contributed by atoms with van der Waals surface area (Å²) in [6, 6.07) is 14.2. The minimum Gasteiger partial charge on any atom is -0.379 e. The van der Waals surface area contributed by atoms with Crippen LogP contribution in [0.1, 0.15) is 12.5 Å². The first kappa shape index (κ1) is 24.4. The van der Waals surface area contributed by atoms with Gasteiger partial charge in [0.2, 0.25) is 15.9 Å². The standard InChI is InChI=1S/C23H27N5O4S2/c1-16-5-4-6-18(15-16)21-25-26-23(27(21)3)33-17(2)22(29)24-19-7-9-20(10-8-19)34(30,31)28-11-13-32-14-12-28/h4-10,15,17H,11-14H2,1-3H3,(H,24,29). The first-order valence-corrected chi connectivity index (χ1v) is 13.2. The zero-order valence-corrected chi connectivity index (χ0v) is 20.9. The number of anilines is 1. The van der Waals surface area contributed by atoms with Gasteiger partial charge in [-0.1, -0.05) is 35.5 Å². The van der Waals surface area contributed by atoms with Crippen molar-refractivity contribution in [3.8, 4) is 11.4 Å². The van der Waals surface area contributed by atoms with Crippen LogP contribution in [0.15, 0.2) is 58.6 Å². The summed E-state index contributed by atoms with van der Waals surface area (Å²) >= 11 is 1.31.